The van der Waals surface area contributed by atoms with E-state index in [1.807, 2.05) is 34.6 Å². The minimum atomic E-state index is -0.530. The van der Waals surface area contributed by atoms with Crippen molar-refractivity contribution in [3.63, 3.8) is 0 Å². The van der Waals surface area contributed by atoms with Gasteiger partial charge in [0, 0.05) is 6.92 Å². The van der Waals surface area contributed by atoms with Gasteiger partial charge >= 0.3 is 11.9 Å². The topological polar surface area (TPSA) is 82.1 Å². The molecule has 1 N–H and O–H groups in total. The van der Waals surface area contributed by atoms with Crippen LogP contribution in [0.1, 0.15) is 133 Å². The van der Waals surface area contributed by atoms with Crippen molar-refractivity contribution < 1.29 is 28.9 Å². The lowest BCUT2D eigenvalue weighted by Crippen LogP contribution is -2.58. The van der Waals surface area contributed by atoms with Crippen LogP contribution in [0.15, 0.2) is 0 Å². The van der Waals surface area contributed by atoms with Gasteiger partial charge in [0.15, 0.2) is 0 Å². The Labute approximate surface area is 250 Å². The van der Waals surface area contributed by atoms with Crippen LogP contribution in [0.25, 0.3) is 0 Å². The number of aliphatic hydroxyl groups is 1. The molecule has 0 saturated heterocycles. The van der Waals surface area contributed by atoms with E-state index in [0.29, 0.717) is 17.3 Å². The van der Waals surface area contributed by atoms with Crippen molar-refractivity contribution in [2.45, 2.75) is 156 Å². The average Bonchev–Trinajstić information content (AvgIpc) is 3.19. The van der Waals surface area contributed by atoms with Gasteiger partial charge < -0.3 is 19.3 Å². The van der Waals surface area contributed by atoms with Gasteiger partial charge in [0.2, 0.25) is 0 Å². The number of carbonyl (C=O) groups is 2. The molecule has 0 aromatic carbocycles. The Morgan fingerprint density at radius 1 is 0.878 bits per heavy atom. The number of aliphatic hydroxyl groups excluding tert-OH is 1. The Morgan fingerprint density at radius 2 is 1.51 bits per heavy atom. The standard InChI is InChI=1S/C35H60O6/c1-22(11-10-18-33(6,7)40-23(2)36)25-14-15-26-24-12-13-28-31(38)29(39-21-30(37)41-32(3,4)5)17-20-35(28,9)27(24)16-19-34(25,26)8/h22,24-29,31,38H,10-21H2,1-9H3/t22-,24+,25-,26+,27+,28?,29+,31-,34-,35-/m1/s1. The monoisotopic (exact) mass is 576 g/mol. The fourth-order valence-electron chi connectivity index (χ4n) is 10.5. The Hall–Kier alpha value is -1.14. The summed E-state index contributed by atoms with van der Waals surface area (Å²) in [4.78, 5) is 23.7. The summed E-state index contributed by atoms with van der Waals surface area (Å²) in [5, 5.41) is 11.5. The Bertz CT molecular complexity index is 937. The highest BCUT2D eigenvalue weighted by molar-refractivity contribution is 5.71. The molecule has 0 radical (unpaired) electrons. The number of hydrogen-bond donors (Lipinski definition) is 1. The molecule has 10 atom stereocenters. The first kappa shape index (κ1) is 32.8. The average molecular weight is 577 g/mol. The van der Waals surface area contributed by atoms with Gasteiger partial charge in [0.25, 0.3) is 0 Å². The zero-order valence-electron chi connectivity index (χ0n) is 27.6. The van der Waals surface area contributed by atoms with Gasteiger partial charge in [-0.1, -0.05) is 27.2 Å². The van der Waals surface area contributed by atoms with E-state index in [1.165, 1.54) is 45.4 Å². The SMILES string of the molecule is CC(=O)OC(C)(C)CCC[C@@H](C)[C@H]1CC[C@H]2[C@@H]3CCC4[C@@H](O)[C@@H](OCC(=O)OC(C)(C)C)CC[C@]4(C)[C@H]3CC[C@]12C. The number of fused-ring (bicyclic) bond motifs is 5. The third-order valence-corrected chi connectivity index (χ3v) is 12.2. The van der Waals surface area contributed by atoms with Gasteiger partial charge in [0.05, 0.1) is 12.2 Å². The number of ether oxygens (including phenoxy) is 3. The molecule has 1 unspecified atom stereocenters. The van der Waals surface area contributed by atoms with Crippen molar-refractivity contribution in [2.24, 2.45) is 46.3 Å². The highest BCUT2D eigenvalue weighted by Gasteiger charge is 2.62. The van der Waals surface area contributed by atoms with Crippen LogP contribution in [0.4, 0.5) is 0 Å². The Kier molecular flexibility index (Phi) is 9.67. The second-order valence-corrected chi connectivity index (χ2v) is 16.5. The second kappa shape index (κ2) is 12.1. The number of rotatable bonds is 9. The predicted octanol–water partition coefficient (Wildman–Crippen LogP) is 7.49. The Balaban J connectivity index is 1.35. The fraction of sp³-hybridized carbons (Fsp3) is 0.943. The molecule has 0 bridgehead atoms. The highest BCUT2D eigenvalue weighted by atomic mass is 16.6. The molecule has 0 aromatic heterocycles. The van der Waals surface area contributed by atoms with Gasteiger partial charge in [-0.3, -0.25) is 4.79 Å². The van der Waals surface area contributed by atoms with E-state index >= 15 is 0 Å². The molecule has 4 rings (SSSR count). The quantitative estimate of drug-likeness (QED) is 0.286. The molecular weight excluding hydrogens is 516 g/mol. The molecule has 0 aromatic rings. The summed E-state index contributed by atoms with van der Waals surface area (Å²) >= 11 is 0. The van der Waals surface area contributed by atoms with E-state index in [1.54, 1.807) is 0 Å². The van der Waals surface area contributed by atoms with Crippen LogP contribution in [0, 0.1) is 46.3 Å². The molecule has 0 amide bonds. The lowest BCUT2D eigenvalue weighted by Gasteiger charge is -2.62. The van der Waals surface area contributed by atoms with E-state index in [9.17, 15) is 14.7 Å². The zero-order chi connectivity index (χ0) is 30.4. The maximum Gasteiger partial charge on any atom is 0.332 e. The zero-order valence-corrected chi connectivity index (χ0v) is 27.6. The van der Waals surface area contributed by atoms with E-state index in [2.05, 4.69) is 20.8 Å². The summed E-state index contributed by atoms with van der Waals surface area (Å²) in [5.74, 6) is 3.33. The summed E-state index contributed by atoms with van der Waals surface area (Å²) in [5.41, 5.74) is -0.371. The smallest absolute Gasteiger partial charge is 0.332 e. The van der Waals surface area contributed by atoms with Gasteiger partial charge in [-0.2, -0.15) is 0 Å². The van der Waals surface area contributed by atoms with Crippen molar-refractivity contribution in [1.82, 2.24) is 0 Å². The molecule has 41 heavy (non-hydrogen) atoms. The molecular formula is C35H60O6. The van der Waals surface area contributed by atoms with Crippen LogP contribution in [0.2, 0.25) is 0 Å². The summed E-state index contributed by atoms with van der Waals surface area (Å²) < 4.78 is 16.9. The van der Waals surface area contributed by atoms with Gasteiger partial charge in [0.1, 0.15) is 17.8 Å². The Morgan fingerprint density at radius 3 is 2.17 bits per heavy atom. The third kappa shape index (κ3) is 7.00. The van der Waals surface area contributed by atoms with Crippen LogP contribution in [0.5, 0.6) is 0 Å². The van der Waals surface area contributed by atoms with Crippen LogP contribution >= 0.6 is 0 Å². The third-order valence-electron chi connectivity index (χ3n) is 12.2. The predicted molar refractivity (Wildman–Crippen MR) is 161 cm³/mol. The van der Waals surface area contributed by atoms with E-state index in [0.717, 1.165) is 49.9 Å². The minimum absolute atomic E-state index is 0.0876. The van der Waals surface area contributed by atoms with Crippen molar-refractivity contribution in [2.75, 3.05) is 6.61 Å². The normalized spacial score (nSPS) is 39.7. The molecule has 6 nitrogen and oxygen atoms in total. The first-order valence-corrected chi connectivity index (χ1v) is 16.7. The molecule has 4 aliphatic carbocycles. The van der Waals surface area contributed by atoms with E-state index in [-0.39, 0.29) is 41.6 Å². The van der Waals surface area contributed by atoms with Gasteiger partial charge in [-0.25, -0.2) is 4.79 Å². The summed E-state index contributed by atoms with van der Waals surface area (Å²) in [6.45, 7) is 18.6. The molecule has 6 heteroatoms. The van der Waals surface area contributed by atoms with Gasteiger partial charge in [-0.05, 0) is 145 Å². The molecule has 0 aliphatic heterocycles. The van der Waals surface area contributed by atoms with Crippen LogP contribution in [-0.2, 0) is 23.8 Å². The molecule has 4 saturated carbocycles. The highest BCUT2D eigenvalue weighted by Crippen LogP contribution is 2.68. The second-order valence-electron chi connectivity index (χ2n) is 16.5. The largest absolute Gasteiger partial charge is 0.460 e. The molecule has 0 heterocycles. The maximum absolute atomic E-state index is 12.2. The van der Waals surface area contributed by atoms with Crippen LogP contribution in [-0.4, -0.2) is 47.1 Å². The van der Waals surface area contributed by atoms with Gasteiger partial charge in [-0.15, -0.1) is 0 Å². The van der Waals surface area contributed by atoms with Crippen LogP contribution < -0.4 is 0 Å². The molecule has 0 spiro atoms. The first-order chi connectivity index (χ1) is 19.0. The van der Waals surface area contributed by atoms with Crippen molar-refractivity contribution in [1.29, 1.82) is 0 Å². The summed E-state index contributed by atoms with van der Waals surface area (Å²) in [6.07, 6.45) is 11.8. The maximum atomic E-state index is 12.2. The van der Waals surface area contributed by atoms with Crippen molar-refractivity contribution in [3.05, 3.63) is 0 Å². The molecule has 4 aliphatic rings. The molecule has 236 valence electrons. The number of carbonyl (C=O) groups excluding carboxylic acids is 2. The summed E-state index contributed by atoms with van der Waals surface area (Å²) in [7, 11) is 0. The van der Waals surface area contributed by atoms with E-state index in [4.69, 9.17) is 14.2 Å². The summed E-state index contributed by atoms with van der Waals surface area (Å²) in [6, 6.07) is 0. The lowest BCUT2D eigenvalue weighted by atomic mass is 9.44. The first-order valence-electron chi connectivity index (χ1n) is 16.7. The van der Waals surface area contributed by atoms with Crippen molar-refractivity contribution in [3.8, 4) is 0 Å². The van der Waals surface area contributed by atoms with Crippen molar-refractivity contribution >= 4 is 11.9 Å². The van der Waals surface area contributed by atoms with Crippen LogP contribution in [0.3, 0.4) is 0 Å². The fourth-order valence-corrected chi connectivity index (χ4v) is 10.5. The number of hydrogen-bond acceptors (Lipinski definition) is 6. The lowest BCUT2D eigenvalue weighted by molar-refractivity contribution is -0.193. The number of esters is 2. The van der Waals surface area contributed by atoms with E-state index < -0.39 is 11.7 Å². The minimum Gasteiger partial charge on any atom is -0.460 e. The molecule has 4 fully saturated rings.